The maximum absolute atomic E-state index is 12.3. The quantitative estimate of drug-likeness (QED) is 0.922. The van der Waals surface area contributed by atoms with E-state index in [4.69, 9.17) is 23.2 Å². The van der Waals surface area contributed by atoms with Gasteiger partial charge in [-0.25, -0.2) is 13.1 Å². The molecule has 0 radical (unpaired) electrons. The van der Waals surface area contributed by atoms with Gasteiger partial charge in [-0.1, -0.05) is 30.1 Å². The zero-order chi connectivity index (χ0) is 14.1. The Bertz CT molecular complexity index is 529. The maximum Gasteiger partial charge on any atom is 0.242 e. The van der Waals surface area contributed by atoms with Crippen LogP contribution < -0.4 is 4.72 Å². The fourth-order valence-electron chi connectivity index (χ4n) is 1.54. The van der Waals surface area contributed by atoms with Gasteiger partial charge in [-0.05, 0) is 44.4 Å². The Morgan fingerprint density at radius 2 is 1.89 bits per heavy atom. The van der Waals surface area contributed by atoms with Gasteiger partial charge < -0.3 is 0 Å². The van der Waals surface area contributed by atoms with Crippen LogP contribution in [0.25, 0.3) is 0 Å². The molecule has 0 aliphatic heterocycles. The molecule has 0 aromatic heterocycles. The number of benzene rings is 1. The average Bonchev–Trinajstić information content (AvgIpc) is 2.25. The van der Waals surface area contributed by atoms with Crippen molar-refractivity contribution in [3.8, 4) is 0 Å². The average molecular weight is 310 g/mol. The van der Waals surface area contributed by atoms with Crippen LogP contribution >= 0.6 is 23.2 Å². The van der Waals surface area contributed by atoms with Crippen LogP contribution in [-0.4, -0.2) is 14.5 Å². The minimum absolute atomic E-state index is 0.0782. The Balaban J connectivity index is 3.41. The minimum Gasteiger partial charge on any atom is -0.208 e. The Kier molecular flexibility index (Phi) is 5.06. The second-order valence-corrected chi connectivity index (χ2v) is 6.81. The Hall–Kier alpha value is -0.290. The number of sulfonamides is 1. The minimum atomic E-state index is -3.64. The van der Waals surface area contributed by atoms with Crippen LogP contribution in [0.15, 0.2) is 11.0 Å². The van der Waals surface area contributed by atoms with Crippen molar-refractivity contribution >= 4 is 33.2 Å². The van der Waals surface area contributed by atoms with Crippen LogP contribution in [0.3, 0.4) is 0 Å². The number of nitrogens with one attached hydrogen (secondary N) is 1. The molecule has 1 atom stereocenters. The number of hydrogen-bond donors (Lipinski definition) is 1. The summed E-state index contributed by atoms with van der Waals surface area (Å²) in [6.45, 7) is 7.10. The number of hydrogen-bond acceptors (Lipinski definition) is 2. The molecule has 1 N–H and O–H groups in total. The molecule has 1 unspecified atom stereocenters. The molecule has 0 saturated carbocycles. The van der Waals surface area contributed by atoms with E-state index in [1.807, 2.05) is 6.92 Å². The summed E-state index contributed by atoms with van der Waals surface area (Å²) in [4.78, 5) is 0.0782. The van der Waals surface area contributed by atoms with Gasteiger partial charge in [0.15, 0.2) is 0 Å². The summed E-state index contributed by atoms with van der Waals surface area (Å²) in [5.74, 6) is 0. The zero-order valence-corrected chi connectivity index (χ0v) is 13.2. The monoisotopic (exact) mass is 309 g/mol. The van der Waals surface area contributed by atoms with E-state index in [2.05, 4.69) is 4.72 Å². The van der Waals surface area contributed by atoms with Crippen LogP contribution in [0.4, 0.5) is 0 Å². The van der Waals surface area contributed by atoms with Crippen LogP contribution in [0.5, 0.6) is 0 Å². The first-order valence-electron chi connectivity index (χ1n) is 5.68. The van der Waals surface area contributed by atoms with E-state index >= 15 is 0 Å². The van der Waals surface area contributed by atoms with Crippen molar-refractivity contribution in [1.29, 1.82) is 0 Å². The predicted molar refractivity (Wildman–Crippen MR) is 76.0 cm³/mol. The molecule has 0 amide bonds. The lowest BCUT2D eigenvalue weighted by Crippen LogP contribution is -2.32. The summed E-state index contributed by atoms with van der Waals surface area (Å²) in [5, 5.41) is 0.633. The standard InChI is InChI=1S/C12H17Cl2NO2S/c1-5-8(3)15-18(16,17)12-9(4)10(13)6-7(2)11(12)14/h6,8,15H,5H2,1-4H3. The molecule has 0 bridgehead atoms. The first kappa shape index (κ1) is 15.8. The highest BCUT2D eigenvalue weighted by molar-refractivity contribution is 7.89. The van der Waals surface area contributed by atoms with Crippen LogP contribution in [0, 0.1) is 13.8 Å². The lowest BCUT2D eigenvalue weighted by Gasteiger charge is -2.16. The first-order chi connectivity index (χ1) is 8.20. The Labute approximate surface area is 119 Å². The Morgan fingerprint density at radius 1 is 1.33 bits per heavy atom. The van der Waals surface area contributed by atoms with Crippen molar-refractivity contribution in [2.45, 2.75) is 45.1 Å². The highest BCUT2D eigenvalue weighted by Crippen LogP contribution is 2.33. The van der Waals surface area contributed by atoms with Crippen molar-refractivity contribution in [2.24, 2.45) is 0 Å². The van der Waals surface area contributed by atoms with Crippen LogP contribution in [0.1, 0.15) is 31.4 Å². The lowest BCUT2D eigenvalue weighted by molar-refractivity contribution is 0.555. The van der Waals surface area contributed by atoms with Crippen molar-refractivity contribution < 1.29 is 8.42 Å². The van der Waals surface area contributed by atoms with Crippen molar-refractivity contribution in [3.63, 3.8) is 0 Å². The molecule has 1 rings (SSSR count). The van der Waals surface area contributed by atoms with Crippen LogP contribution in [0.2, 0.25) is 10.0 Å². The molecule has 1 aromatic rings. The molecule has 0 saturated heterocycles. The summed E-state index contributed by atoms with van der Waals surface area (Å²) < 4.78 is 27.2. The maximum atomic E-state index is 12.3. The van der Waals surface area contributed by atoms with Gasteiger partial charge in [0.2, 0.25) is 10.0 Å². The molecule has 0 spiro atoms. The molecule has 0 aliphatic rings. The predicted octanol–water partition coefficient (Wildman–Crippen LogP) is 3.69. The summed E-state index contributed by atoms with van der Waals surface area (Å²) in [5.41, 5.74) is 1.12. The van der Waals surface area contributed by atoms with Crippen molar-refractivity contribution in [1.82, 2.24) is 4.72 Å². The third-order valence-corrected chi connectivity index (χ3v) is 5.58. The molecule has 1 aromatic carbocycles. The molecule has 102 valence electrons. The van der Waals surface area contributed by atoms with E-state index in [0.717, 1.165) is 0 Å². The molecule has 6 heteroatoms. The molecule has 3 nitrogen and oxygen atoms in total. The van der Waals surface area contributed by atoms with Gasteiger partial charge in [-0.3, -0.25) is 0 Å². The molecular formula is C12H17Cl2NO2S. The third kappa shape index (κ3) is 3.18. The second-order valence-electron chi connectivity index (χ2n) is 4.37. The van der Waals surface area contributed by atoms with Gasteiger partial charge in [0.1, 0.15) is 4.90 Å². The molecule has 0 aliphatic carbocycles. The fraction of sp³-hybridized carbons (Fsp3) is 0.500. The third-order valence-electron chi connectivity index (χ3n) is 2.83. The molecular weight excluding hydrogens is 293 g/mol. The smallest absolute Gasteiger partial charge is 0.208 e. The zero-order valence-electron chi connectivity index (χ0n) is 10.8. The van der Waals surface area contributed by atoms with Gasteiger partial charge in [0.05, 0.1) is 5.02 Å². The summed E-state index contributed by atoms with van der Waals surface area (Å²) in [7, 11) is -3.64. The van der Waals surface area contributed by atoms with E-state index in [9.17, 15) is 8.42 Å². The highest BCUT2D eigenvalue weighted by Gasteiger charge is 2.24. The van der Waals surface area contributed by atoms with E-state index in [1.54, 1.807) is 26.8 Å². The Morgan fingerprint density at radius 3 is 2.39 bits per heavy atom. The van der Waals surface area contributed by atoms with Crippen molar-refractivity contribution in [3.05, 3.63) is 27.2 Å². The second kappa shape index (κ2) is 5.78. The lowest BCUT2D eigenvalue weighted by atomic mass is 10.2. The van der Waals surface area contributed by atoms with Gasteiger partial charge >= 0.3 is 0 Å². The highest BCUT2D eigenvalue weighted by atomic mass is 35.5. The number of aryl methyl sites for hydroxylation is 1. The van der Waals surface area contributed by atoms with Gasteiger partial charge in [-0.2, -0.15) is 0 Å². The largest absolute Gasteiger partial charge is 0.242 e. The number of halogens is 2. The molecule has 0 heterocycles. The SMILES string of the molecule is CCC(C)NS(=O)(=O)c1c(C)c(Cl)cc(C)c1Cl. The van der Waals surface area contributed by atoms with E-state index in [1.165, 1.54) is 0 Å². The van der Waals surface area contributed by atoms with Crippen molar-refractivity contribution in [2.75, 3.05) is 0 Å². The van der Waals surface area contributed by atoms with E-state index in [-0.39, 0.29) is 16.0 Å². The van der Waals surface area contributed by atoms with E-state index < -0.39 is 10.0 Å². The number of rotatable bonds is 4. The normalized spacial score (nSPS) is 13.7. The summed E-state index contributed by atoms with van der Waals surface area (Å²) in [6.07, 6.45) is 0.704. The molecule has 0 fully saturated rings. The molecule has 18 heavy (non-hydrogen) atoms. The topological polar surface area (TPSA) is 46.2 Å². The van der Waals surface area contributed by atoms with Gasteiger partial charge in [0.25, 0.3) is 0 Å². The van der Waals surface area contributed by atoms with Crippen LogP contribution in [-0.2, 0) is 10.0 Å². The van der Waals surface area contributed by atoms with E-state index in [0.29, 0.717) is 22.6 Å². The fourth-order valence-corrected chi connectivity index (χ4v) is 4.08. The first-order valence-corrected chi connectivity index (χ1v) is 7.92. The summed E-state index contributed by atoms with van der Waals surface area (Å²) in [6, 6.07) is 1.52. The van der Waals surface area contributed by atoms with Gasteiger partial charge in [0, 0.05) is 11.1 Å². The van der Waals surface area contributed by atoms with Gasteiger partial charge in [-0.15, -0.1) is 0 Å². The summed E-state index contributed by atoms with van der Waals surface area (Å²) >= 11 is 12.1.